The molecule has 2 N–H and O–H groups in total. The minimum absolute atomic E-state index is 0.220. The van der Waals surface area contributed by atoms with Crippen LogP contribution >= 0.6 is 0 Å². The van der Waals surface area contributed by atoms with Gasteiger partial charge in [0, 0.05) is 17.8 Å². The Morgan fingerprint density at radius 2 is 1.88 bits per heavy atom. The number of aromatic nitrogens is 1. The first-order chi connectivity index (χ1) is 12.1. The molecule has 3 rings (SSSR count). The summed E-state index contributed by atoms with van der Waals surface area (Å²) in [5.41, 5.74) is 8.28. The van der Waals surface area contributed by atoms with Gasteiger partial charge in [0.1, 0.15) is 0 Å². The van der Waals surface area contributed by atoms with Gasteiger partial charge in [-0.25, -0.2) is 0 Å². The van der Waals surface area contributed by atoms with Crippen LogP contribution < -0.4 is 15.2 Å². The van der Waals surface area contributed by atoms with Crippen LogP contribution in [0.5, 0.6) is 11.5 Å². The van der Waals surface area contributed by atoms with Gasteiger partial charge in [-0.3, -0.25) is 4.79 Å². The Labute approximate surface area is 146 Å². The van der Waals surface area contributed by atoms with Gasteiger partial charge in [-0.2, -0.15) is 0 Å². The van der Waals surface area contributed by atoms with Crippen molar-refractivity contribution < 1.29 is 14.3 Å². The second kappa shape index (κ2) is 7.13. The first-order valence-corrected chi connectivity index (χ1v) is 7.89. The quantitative estimate of drug-likeness (QED) is 0.751. The Hall–Kier alpha value is -3.21. The van der Waals surface area contributed by atoms with Gasteiger partial charge in [0.15, 0.2) is 11.5 Å². The molecule has 128 valence electrons. The number of benzene rings is 2. The number of ether oxygens (including phenoxy) is 2. The summed E-state index contributed by atoms with van der Waals surface area (Å²) < 4.78 is 12.6. The molecule has 0 aliphatic heterocycles. The maximum atomic E-state index is 11.3. The smallest absolute Gasteiger partial charge is 0.221 e. The van der Waals surface area contributed by atoms with Crippen LogP contribution in [0.3, 0.4) is 0 Å². The highest BCUT2D eigenvalue weighted by atomic mass is 16.5. The summed E-state index contributed by atoms with van der Waals surface area (Å²) in [6.07, 6.45) is 6.08. The lowest BCUT2D eigenvalue weighted by Gasteiger charge is -2.07. The third-order valence-corrected chi connectivity index (χ3v) is 4.02. The number of hydrogen-bond donors (Lipinski definition) is 1. The van der Waals surface area contributed by atoms with E-state index in [1.807, 2.05) is 65.5 Å². The first-order valence-electron chi connectivity index (χ1n) is 7.89. The number of carbonyl (C=O) groups is 1. The zero-order valence-electron chi connectivity index (χ0n) is 14.2. The van der Waals surface area contributed by atoms with Gasteiger partial charge >= 0.3 is 0 Å². The van der Waals surface area contributed by atoms with E-state index in [1.165, 1.54) is 0 Å². The number of para-hydroxylation sites is 1. The number of nitrogens with zero attached hydrogens (tertiary/aromatic N) is 1. The van der Waals surface area contributed by atoms with Crippen molar-refractivity contribution in [2.75, 3.05) is 14.2 Å². The average Bonchev–Trinajstić information content (AvgIpc) is 2.97. The van der Waals surface area contributed by atoms with Crippen LogP contribution in [-0.2, 0) is 11.2 Å². The summed E-state index contributed by atoms with van der Waals surface area (Å²) in [5.74, 6) is 1.03. The Morgan fingerprint density at radius 1 is 1.12 bits per heavy atom. The maximum absolute atomic E-state index is 11.3. The molecule has 5 heteroatoms. The van der Waals surface area contributed by atoms with E-state index in [1.54, 1.807) is 14.2 Å². The third-order valence-electron chi connectivity index (χ3n) is 4.02. The van der Waals surface area contributed by atoms with Crippen LogP contribution in [-0.4, -0.2) is 24.7 Å². The highest BCUT2D eigenvalue weighted by Crippen LogP contribution is 2.28. The van der Waals surface area contributed by atoms with E-state index in [4.69, 9.17) is 15.2 Å². The number of primary amides is 1. The van der Waals surface area contributed by atoms with Crippen molar-refractivity contribution >= 4 is 29.1 Å². The molecule has 2 aromatic carbocycles. The minimum atomic E-state index is -0.341. The molecule has 1 amide bonds. The Bertz CT molecular complexity index is 941. The monoisotopic (exact) mass is 336 g/mol. The fourth-order valence-electron chi connectivity index (χ4n) is 2.85. The van der Waals surface area contributed by atoms with E-state index in [2.05, 4.69) is 0 Å². The number of hydrogen-bond acceptors (Lipinski definition) is 3. The Kier molecular flexibility index (Phi) is 4.75. The largest absolute Gasteiger partial charge is 0.493 e. The number of amides is 1. The van der Waals surface area contributed by atoms with Crippen molar-refractivity contribution in [1.29, 1.82) is 0 Å². The highest BCUT2D eigenvalue weighted by molar-refractivity contribution is 5.90. The molecule has 0 atom stereocenters. The molecule has 3 aromatic rings. The second-order valence-electron chi connectivity index (χ2n) is 5.65. The standard InChI is InChI=1S/C20H20N2O3/c1-24-18-8-7-14(11-19(18)25-2)9-10-22-13-15(12-20(21)23)16-5-3-4-6-17(16)22/h3-11,13H,12H2,1-2H3,(H2,21,23). The molecular weight excluding hydrogens is 316 g/mol. The zero-order valence-corrected chi connectivity index (χ0v) is 14.2. The molecule has 0 aliphatic carbocycles. The van der Waals surface area contributed by atoms with Gasteiger partial charge in [0.2, 0.25) is 5.91 Å². The number of methoxy groups -OCH3 is 2. The molecule has 0 saturated carbocycles. The van der Waals surface area contributed by atoms with Crippen LogP contribution in [0.2, 0.25) is 0 Å². The van der Waals surface area contributed by atoms with Crippen molar-refractivity contribution in [1.82, 2.24) is 4.57 Å². The average molecular weight is 336 g/mol. The third kappa shape index (κ3) is 3.50. The van der Waals surface area contributed by atoms with Gasteiger partial charge in [0.25, 0.3) is 0 Å². The minimum Gasteiger partial charge on any atom is -0.493 e. The molecule has 0 spiro atoms. The molecule has 0 unspecified atom stereocenters. The van der Waals surface area contributed by atoms with Crippen molar-refractivity contribution in [3.63, 3.8) is 0 Å². The molecule has 0 saturated heterocycles. The summed E-state index contributed by atoms with van der Waals surface area (Å²) in [4.78, 5) is 11.3. The summed E-state index contributed by atoms with van der Waals surface area (Å²) in [5, 5.41) is 1.03. The zero-order chi connectivity index (χ0) is 17.8. The van der Waals surface area contributed by atoms with Gasteiger partial charge in [0.05, 0.1) is 26.2 Å². The number of rotatable bonds is 6. The Morgan fingerprint density at radius 3 is 2.60 bits per heavy atom. The van der Waals surface area contributed by atoms with Crippen LogP contribution in [0.4, 0.5) is 0 Å². The molecular formula is C20H20N2O3. The second-order valence-corrected chi connectivity index (χ2v) is 5.65. The van der Waals surface area contributed by atoms with Crippen molar-refractivity contribution in [2.45, 2.75) is 6.42 Å². The number of fused-ring (bicyclic) bond motifs is 1. The predicted octanol–water partition coefficient (Wildman–Crippen LogP) is 3.31. The molecule has 0 aliphatic rings. The van der Waals surface area contributed by atoms with E-state index in [0.717, 1.165) is 22.0 Å². The summed E-state index contributed by atoms with van der Waals surface area (Å²) in [7, 11) is 3.22. The molecule has 1 aromatic heterocycles. The predicted molar refractivity (Wildman–Crippen MR) is 99.6 cm³/mol. The van der Waals surface area contributed by atoms with E-state index >= 15 is 0 Å². The van der Waals surface area contributed by atoms with Crippen LogP contribution in [0.25, 0.3) is 23.2 Å². The summed E-state index contributed by atoms with van der Waals surface area (Å²) in [6.45, 7) is 0. The topological polar surface area (TPSA) is 66.5 Å². The summed E-state index contributed by atoms with van der Waals surface area (Å²) >= 11 is 0. The normalized spacial score (nSPS) is 11.1. The molecule has 5 nitrogen and oxygen atoms in total. The Balaban J connectivity index is 1.97. The fourth-order valence-corrected chi connectivity index (χ4v) is 2.85. The lowest BCUT2D eigenvalue weighted by atomic mass is 10.1. The van der Waals surface area contributed by atoms with Gasteiger partial charge < -0.3 is 19.8 Å². The van der Waals surface area contributed by atoms with E-state index < -0.39 is 0 Å². The number of nitrogens with two attached hydrogens (primary N) is 1. The highest BCUT2D eigenvalue weighted by Gasteiger charge is 2.09. The van der Waals surface area contributed by atoms with Crippen LogP contribution in [0.1, 0.15) is 11.1 Å². The molecule has 0 bridgehead atoms. The lowest BCUT2D eigenvalue weighted by molar-refractivity contribution is -0.117. The SMILES string of the molecule is COc1ccc(C=Cn2cc(CC(N)=O)c3ccccc32)cc1OC. The van der Waals surface area contributed by atoms with Crippen molar-refractivity contribution in [3.8, 4) is 11.5 Å². The van der Waals surface area contributed by atoms with Crippen molar-refractivity contribution in [2.24, 2.45) is 5.73 Å². The van der Waals surface area contributed by atoms with E-state index in [0.29, 0.717) is 11.5 Å². The van der Waals surface area contributed by atoms with Crippen molar-refractivity contribution in [3.05, 3.63) is 59.8 Å². The van der Waals surface area contributed by atoms with Gasteiger partial charge in [-0.1, -0.05) is 24.3 Å². The number of carbonyl (C=O) groups excluding carboxylic acids is 1. The van der Waals surface area contributed by atoms with E-state index in [9.17, 15) is 4.79 Å². The fraction of sp³-hybridized carbons (Fsp3) is 0.150. The van der Waals surface area contributed by atoms with Gasteiger partial charge in [-0.15, -0.1) is 0 Å². The maximum Gasteiger partial charge on any atom is 0.221 e. The van der Waals surface area contributed by atoms with Gasteiger partial charge in [-0.05, 0) is 35.4 Å². The van der Waals surface area contributed by atoms with E-state index in [-0.39, 0.29) is 12.3 Å². The molecule has 1 heterocycles. The van der Waals surface area contributed by atoms with Crippen LogP contribution in [0, 0.1) is 0 Å². The molecule has 25 heavy (non-hydrogen) atoms. The summed E-state index contributed by atoms with van der Waals surface area (Å²) in [6, 6.07) is 13.7. The lowest BCUT2D eigenvalue weighted by Crippen LogP contribution is -2.13. The first kappa shape index (κ1) is 16.6. The molecule has 0 radical (unpaired) electrons. The molecule has 0 fully saturated rings. The van der Waals surface area contributed by atoms with Crippen LogP contribution in [0.15, 0.2) is 48.7 Å².